The molecule has 0 bridgehead atoms. The van der Waals surface area contributed by atoms with E-state index in [1.54, 1.807) is 0 Å². The van der Waals surface area contributed by atoms with Crippen LogP contribution in [0.3, 0.4) is 0 Å². The van der Waals surface area contributed by atoms with Gasteiger partial charge in [-0.2, -0.15) is 0 Å². The summed E-state index contributed by atoms with van der Waals surface area (Å²) in [6, 6.07) is 8.16. The number of carbonyl (C=O) groups is 1. The molecule has 0 unspecified atom stereocenters. The quantitative estimate of drug-likeness (QED) is 0.502. The summed E-state index contributed by atoms with van der Waals surface area (Å²) in [5.74, 6) is 0.810. The maximum atomic E-state index is 11.2. The maximum absolute atomic E-state index is 11.2. The first-order valence-electron chi connectivity index (χ1n) is 7.84. The summed E-state index contributed by atoms with van der Waals surface area (Å²) in [7, 11) is 0. The molecule has 0 aliphatic heterocycles. The zero-order chi connectivity index (χ0) is 15.3. The van der Waals surface area contributed by atoms with Crippen molar-refractivity contribution < 1.29 is 14.3 Å². The Morgan fingerprint density at radius 1 is 1.19 bits per heavy atom. The van der Waals surface area contributed by atoms with Crippen molar-refractivity contribution in [3.05, 3.63) is 29.8 Å². The van der Waals surface area contributed by atoms with E-state index in [0.29, 0.717) is 19.6 Å². The largest absolute Gasteiger partial charge is 0.494 e. The van der Waals surface area contributed by atoms with Crippen LogP contribution >= 0.6 is 0 Å². The molecule has 1 rings (SSSR count). The molecule has 4 heteroatoms. The minimum atomic E-state index is -0.102. The highest BCUT2D eigenvalue weighted by molar-refractivity contribution is 5.69. The summed E-state index contributed by atoms with van der Waals surface area (Å²) in [5, 5.41) is 3.30. The van der Waals surface area contributed by atoms with Gasteiger partial charge in [0.05, 0.1) is 13.2 Å². The summed E-state index contributed by atoms with van der Waals surface area (Å²) in [6.07, 6.45) is 3.31. The van der Waals surface area contributed by atoms with Gasteiger partial charge in [-0.05, 0) is 50.4 Å². The molecule has 0 fully saturated rings. The molecular weight excluding hydrogens is 266 g/mol. The van der Waals surface area contributed by atoms with Crippen molar-refractivity contribution in [1.29, 1.82) is 0 Å². The van der Waals surface area contributed by atoms with Gasteiger partial charge in [-0.3, -0.25) is 4.79 Å². The first-order chi connectivity index (χ1) is 10.3. The zero-order valence-corrected chi connectivity index (χ0v) is 13.2. The van der Waals surface area contributed by atoms with Crippen molar-refractivity contribution >= 4 is 5.97 Å². The van der Waals surface area contributed by atoms with E-state index in [4.69, 9.17) is 9.47 Å². The molecular formula is C17H27NO3. The van der Waals surface area contributed by atoms with Crippen molar-refractivity contribution in [1.82, 2.24) is 5.32 Å². The number of hydrogen-bond donors (Lipinski definition) is 1. The molecule has 0 aliphatic carbocycles. The minimum Gasteiger partial charge on any atom is -0.494 e. The Labute approximate surface area is 127 Å². The van der Waals surface area contributed by atoms with E-state index in [-0.39, 0.29) is 5.97 Å². The van der Waals surface area contributed by atoms with Crippen molar-refractivity contribution in [3.8, 4) is 5.75 Å². The number of ether oxygens (including phenoxy) is 2. The fraction of sp³-hybridized carbons (Fsp3) is 0.588. The van der Waals surface area contributed by atoms with Crippen LogP contribution in [0, 0.1) is 0 Å². The molecule has 118 valence electrons. The molecule has 0 aromatic heterocycles. The van der Waals surface area contributed by atoms with Crippen molar-refractivity contribution in [2.75, 3.05) is 19.8 Å². The summed E-state index contributed by atoms with van der Waals surface area (Å²) in [5.41, 5.74) is 1.23. The second-order valence-electron chi connectivity index (χ2n) is 4.89. The highest BCUT2D eigenvalue weighted by atomic mass is 16.5. The molecule has 0 aliphatic rings. The van der Waals surface area contributed by atoms with Gasteiger partial charge in [-0.25, -0.2) is 0 Å². The maximum Gasteiger partial charge on any atom is 0.305 e. The molecule has 0 radical (unpaired) electrons. The Morgan fingerprint density at radius 3 is 2.81 bits per heavy atom. The van der Waals surface area contributed by atoms with Crippen molar-refractivity contribution in [2.24, 2.45) is 0 Å². The molecule has 4 nitrogen and oxygen atoms in total. The lowest BCUT2D eigenvalue weighted by molar-refractivity contribution is -0.143. The van der Waals surface area contributed by atoms with Gasteiger partial charge in [-0.15, -0.1) is 0 Å². The van der Waals surface area contributed by atoms with E-state index in [9.17, 15) is 4.79 Å². The van der Waals surface area contributed by atoms with Gasteiger partial charge in [0.25, 0.3) is 0 Å². The first-order valence-corrected chi connectivity index (χ1v) is 7.84. The van der Waals surface area contributed by atoms with E-state index in [1.807, 2.05) is 19.1 Å². The molecule has 0 spiro atoms. The van der Waals surface area contributed by atoms with Crippen molar-refractivity contribution in [3.63, 3.8) is 0 Å². The normalized spacial score (nSPS) is 10.4. The Kier molecular flexibility index (Phi) is 9.29. The van der Waals surface area contributed by atoms with E-state index >= 15 is 0 Å². The standard InChI is InChI=1S/C17H27NO3/c1-3-18-14-15-9-8-10-16(13-15)21-12-7-5-6-11-17(19)20-4-2/h8-10,13,18H,3-7,11-12,14H2,1-2H3. The van der Waals surface area contributed by atoms with Gasteiger partial charge < -0.3 is 14.8 Å². The number of benzene rings is 1. The zero-order valence-electron chi connectivity index (χ0n) is 13.2. The summed E-state index contributed by atoms with van der Waals surface area (Å²) >= 11 is 0. The third-order valence-corrected chi connectivity index (χ3v) is 3.08. The Hall–Kier alpha value is -1.55. The lowest BCUT2D eigenvalue weighted by atomic mass is 10.2. The van der Waals surface area contributed by atoms with Crippen LogP contribution in [0.1, 0.15) is 45.1 Å². The van der Waals surface area contributed by atoms with Crippen LogP contribution < -0.4 is 10.1 Å². The van der Waals surface area contributed by atoms with Crippen LogP contribution in [-0.4, -0.2) is 25.7 Å². The van der Waals surface area contributed by atoms with E-state index in [2.05, 4.69) is 24.4 Å². The van der Waals surface area contributed by atoms with Crippen molar-refractivity contribution in [2.45, 2.75) is 46.1 Å². The fourth-order valence-electron chi connectivity index (χ4n) is 1.99. The van der Waals surface area contributed by atoms with Crippen LogP contribution in [0.4, 0.5) is 0 Å². The Bertz CT molecular complexity index is 407. The predicted octanol–water partition coefficient (Wildman–Crippen LogP) is 3.30. The number of hydrogen-bond acceptors (Lipinski definition) is 4. The first kappa shape index (κ1) is 17.5. The predicted molar refractivity (Wildman–Crippen MR) is 84.4 cm³/mol. The van der Waals surface area contributed by atoms with Gasteiger partial charge in [0, 0.05) is 13.0 Å². The molecule has 1 aromatic rings. The topological polar surface area (TPSA) is 47.6 Å². The summed E-state index contributed by atoms with van der Waals surface area (Å²) in [6.45, 7) is 6.91. The van der Waals surface area contributed by atoms with E-state index in [1.165, 1.54) is 5.56 Å². The van der Waals surface area contributed by atoms with Crippen LogP contribution in [0.5, 0.6) is 5.75 Å². The second kappa shape index (κ2) is 11.1. The molecule has 0 saturated carbocycles. The van der Waals surface area contributed by atoms with E-state index in [0.717, 1.165) is 38.1 Å². The summed E-state index contributed by atoms with van der Waals surface area (Å²) in [4.78, 5) is 11.2. The van der Waals surface area contributed by atoms with Crippen LogP contribution in [-0.2, 0) is 16.1 Å². The van der Waals surface area contributed by atoms with Crippen LogP contribution in [0.2, 0.25) is 0 Å². The third-order valence-electron chi connectivity index (χ3n) is 3.08. The number of rotatable bonds is 11. The van der Waals surface area contributed by atoms with Gasteiger partial charge >= 0.3 is 5.97 Å². The molecule has 1 aromatic carbocycles. The smallest absolute Gasteiger partial charge is 0.305 e. The fourth-order valence-corrected chi connectivity index (χ4v) is 1.99. The SMILES string of the molecule is CCNCc1cccc(OCCCCCC(=O)OCC)c1. The lowest BCUT2D eigenvalue weighted by Crippen LogP contribution is -2.11. The Morgan fingerprint density at radius 2 is 2.05 bits per heavy atom. The number of unbranched alkanes of at least 4 members (excludes halogenated alkanes) is 2. The van der Waals surface area contributed by atoms with Gasteiger partial charge in [0.2, 0.25) is 0 Å². The average molecular weight is 293 g/mol. The molecule has 0 atom stereocenters. The number of esters is 1. The second-order valence-corrected chi connectivity index (χ2v) is 4.89. The molecule has 0 amide bonds. The molecule has 0 heterocycles. The van der Waals surface area contributed by atoms with Gasteiger partial charge in [0.1, 0.15) is 5.75 Å². The monoisotopic (exact) mass is 293 g/mol. The molecule has 0 saturated heterocycles. The highest BCUT2D eigenvalue weighted by Gasteiger charge is 2.01. The number of nitrogens with one attached hydrogen (secondary N) is 1. The Balaban J connectivity index is 2.13. The van der Waals surface area contributed by atoms with Crippen LogP contribution in [0.25, 0.3) is 0 Å². The van der Waals surface area contributed by atoms with E-state index < -0.39 is 0 Å². The number of carbonyl (C=O) groups excluding carboxylic acids is 1. The lowest BCUT2D eigenvalue weighted by Gasteiger charge is -2.08. The van der Waals surface area contributed by atoms with Gasteiger partial charge in [0.15, 0.2) is 0 Å². The van der Waals surface area contributed by atoms with Crippen LogP contribution in [0.15, 0.2) is 24.3 Å². The minimum absolute atomic E-state index is 0.102. The molecule has 1 N–H and O–H groups in total. The third kappa shape index (κ3) is 8.35. The highest BCUT2D eigenvalue weighted by Crippen LogP contribution is 2.14. The summed E-state index contributed by atoms with van der Waals surface area (Å²) < 4.78 is 10.6. The molecule has 21 heavy (non-hydrogen) atoms. The van der Waals surface area contributed by atoms with Gasteiger partial charge in [-0.1, -0.05) is 19.1 Å². The average Bonchev–Trinajstić information content (AvgIpc) is 2.49.